The van der Waals surface area contributed by atoms with Gasteiger partial charge in [0.1, 0.15) is 0 Å². The minimum Gasteiger partial charge on any atom is -0.467 e. The highest BCUT2D eigenvalue weighted by atomic mass is 35.5. The molecule has 0 radical (unpaired) electrons. The van der Waals surface area contributed by atoms with E-state index in [0.29, 0.717) is 12.0 Å². The maximum absolute atomic E-state index is 5.82. The zero-order valence-electron chi connectivity index (χ0n) is 10.8. The fourth-order valence-electron chi connectivity index (χ4n) is 2.30. The standard InChI is InChI=1S/C12H19ClN4O/c1-8-4-3-5-9(7-6-8)14-11-15-10(13)16-12(17-11)18-2/h8-9H,3-7H2,1-2H3,(H,14,15,16,17). The van der Waals surface area contributed by atoms with Crippen LogP contribution in [0, 0.1) is 5.92 Å². The second kappa shape index (κ2) is 6.18. The summed E-state index contributed by atoms with van der Waals surface area (Å²) in [4.78, 5) is 12.1. The van der Waals surface area contributed by atoms with Crippen molar-refractivity contribution in [1.29, 1.82) is 0 Å². The lowest BCUT2D eigenvalue weighted by molar-refractivity contribution is 0.378. The largest absolute Gasteiger partial charge is 0.467 e. The van der Waals surface area contributed by atoms with Gasteiger partial charge < -0.3 is 10.1 Å². The van der Waals surface area contributed by atoms with Gasteiger partial charge in [-0.05, 0) is 36.8 Å². The van der Waals surface area contributed by atoms with Gasteiger partial charge >= 0.3 is 6.01 Å². The van der Waals surface area contributed by atoms with Crippen LogP contribution in [0.3, 0.4) is 0 Å². The molecule has 1 fully saturated rings. The van der Waals surface area contributed by atoms with Crippen LogP contribution >= 0.6 is 11.6 Å². The van der Waals surface area contributed by atoms with Crippen molar-refractivity contribution in [2.24, 2.45) is 5.92 Å². The van der Waals surface area contributed by atoms with Gasteiger partial charge in [0, 0.05) is 6.04 Å². The summed E-state index contributed by atoms with van der Waals surface area (Å²) in [6.45, 7) is 2.31. The Morgan fingerprint density at radius 3 is 2.78 bits per heavy atom. The fourth-order valence-corrected chi connectivity index (χ4v) is 2.45. The Balaban J connectivity index is 2.01. The molecule has 1 aliphatic rings. The molecule has 5 nitrogen and oxygen atoms in total. The minimum absolute atomic E-state index is 0.159. The molecular formula is C12H19ClN4O. The first-order valence-corrected chi connectivity index (χ1v) is 6.77. The Bertz CT molecular complexity index is 402. The van der Waals surface area contributed by atoms with Crippen molar-refractivity contribution in [3.8, 4) is 6.01 Å². The molecule has 1 aromatic rings. The minimum atomic E-state index is 0.159. The lowest BCUT2D eigenvalue weighted by atomic mass is 10.0. The average molecular weight is 271 g/mol. The molecule has 0 amide bonds. The lowest BCUT2D eigenvalue weighted by Crippen LogP contribution is -2.20. The molecule has 1 heterocycles. The maximum Gasteiger partial charge on any atom is 0.322 e. The summed E-state index contributed by atoms with van der Waals surface area (Å²) in [6.07, 6.45) is 6.09. The summed E-state index contributed by atoms with van der Waals surface area (Å²) in [7, 11) is 1.52. The molecule has 2 rings (SSSR count). The molecule has 1 aliphatic carbocycles. The molecule has 1 N–H and O–H groups in total. The van der Waals surface area contributed by atoms with Gasteiger partial charge in [-0.3, -0.25) is 0 Å². The zero-order valence-corrected chi connectivity index (χ0v) is 11.6. The van der Waals surface area contributed by atoms with E-state index in [4.69, 9.17) is 16.3 Å². The predicted octanol–water partition coefficient (Wildman–Crippen LogP) is 2.91. The molecule has 100 valence electrons. The Hall–Kier alpha value is -1.10. The van der Waals surface area contributed by atoms with Gasteiger partial charge in [0.15, 0.2) is 0 Å². The molecule has 18 heavy (non-hydrogen) atoms. The van der Waals surface area contributed by atoms with Crippen LogP contribution in [0.25, 0.3) is 0 Å². The van der Waals surface area contributed by atoms with Crippen LogP contribution in [0.15, 0.2) is 0 Å². The van der Waals surface area contributed by atoms with Gasteiger partial charge in [-0.15, -0.1) is 0 Å². The van der Waals surface area contributed by atoms with Gasteiger partial charge in [-0.1, -0.05) is 19.8 Å². The number of nitrogens with zero attached hydrogens (tertiary/aromatic N) is 3. The van der Waals surface area contributed by atoms with Gasteiger partial charge in [0.2, 0.25) is 11.2 Å². The molecule has 2 unspecified atom stereocenters. The van der Waals surface area contributed by atoms with Crippen LogP contribution in [0.4, 0.5) is 5.95 Å². The molecule has 0 aliphatic heterocycles. The smallest absolute Gasteiger partial charge is 0.322 e. The molecule has 1 aromatic heterocycles. The third-order valence-corrected chi connectivity index (χ3v) is 3.53. The predicted molar refractivity (Wildman–Crippen MR) is 71.0 cm³/mol. The number of ether oxygens (including phenoxy) is 1. The summed E-state index contributed by atoms with van der Waals surface area (Å²) < 4.78 is 4.98. The first-order valence-electron chi connectivity index (χ1n) is 6.39. The number of anilines is 1. The molecular weight excluding hydrogens is 252 g/mol. The van der Waals surface area contributed by atoms with Crippen molar-refractivity contribution in [3.63, 3.8) is 0 Å². The van der Waals surface area contributed by atoms with E-state index in [9.17, 15) is 0 Å². The second-order valence-electron chi connectivity index (χ2n) is 4.87. The second-order valence-corrected chi connectivity index (χ2v) is 5.21. The van der Waals surface area contributed by atoms with E-state index in [-0.39, 0.29) is 11.3 Å². The van der Waals surface area contributed by atoms with Crippen LogP contribution in [0.5, 0.6) is 6.01 Å². The highest BCUT2D eigenvalue weighted by Gasteiger charge is 2.17. The topological polar surface area (TPSA) is 59.9 Å². The number of rotatable bonds is 3. The van der Waals surface area contributed by atoms with E-state index in [1.807, 2.05) is 0 Å². The number of halogens is 1. The van der Waals surface area contributed by atoms with Crippen molar-refractivity contribution in [2.75, 3.05) is 12.4 Å². The summed E-state index contributed by atoms with van der Waals surface area (Å²) in [5, 5.41) is 3.49. The van der Waals surface area contributed by atoms with Crippen molar-refractivity contribution in [2.45, 2.75) is 45.1 Å². The Labute approximate surface area is 112 Å². The van der Waals surface area contributed by atoms with Gasteiger partial charge in [-0.2, -0.15) is 15.0 Å². The number of aromatic nitrogens is 3. The van der Waals surface area contributed by atoms with Crippen LogP contribution in [-0.4, -0.2) is 28.1 Å². The van der Waals surface area contributed by atoms with E-state index < -0.39 is 0 Å². The molecule has 6 heteroatoms. The first-order chi connectivity index (χ1) is 8.67. The Morgan fingerprint density at radius 2 is 2.00 bits per heavy atom. The number of hydrogen-bond acceptors (Lipinski definition) is 5. The molecule has 0 saturated heterocycles. The van der Waals surface area contributed by atoms with E-state index in [0.717, 1.165) is 18.8 Å². The van der Waals surface area contributed by atoms with Gasteiger partial charge in [-0.25, -0.2) is 0 Å². The van der Waals surface area contributed by atoms with E-state index in [2.05, 4.69) is 27.2 Å². The maximum atomic E-state index is 5.82. The van der Waals surface area contributed by atoms with Gasteiger partial charge in [0.05, 0.1) is 7.11 Å². The average Bonchev–Trinajstić information content (AvgIpc) is 2.54. The normalized spacial score (nSPS) is 24.4. The third kappa shape index (κ3) is 3.70. The summed E-state index contributed by atoms with van der Waals surface area (Å²) >= 11 is 5.82. The SMILES string of the molecule is COc1nc(Cl)nc(NC2CCCC(C)CC2)n1. The van der Waals surface area contributed by atoms with Crippen molar-refractivity contribution >= 4 is 17.5 Å². The molecule has 0 aromatic carbocycles. The monoisotopic (exact) mass is 270 g/mol. The summed E-state index contributed by atoms with van der Waals surface area (Å²) in [5.74, 6) is 1.32. The highest BCUT2D eigenvalue weighted by Crippen LogP contribution is 2.24. The quantitative estimate of drug-likeness (QED) is 0.856. The molecule has 2 atom stereocenters. The molecule has 1 saturated carbocycles. The molecule has 0 spiro atoms. The fraction of sp³-hybridized carbons (Fsp3) is 0.750. The number of methoxy groups -OCH3 is 1. The van der Waals surface area contributed by atoms with E-state index in [1.54, 1.807) is 0 Å². The number of nitrogens with one attached hydrogen (secondary N) is 1. The third-order valence-electron chi connectivity index (χ3n) is 3.36. The lowest BCUT2D eigenvalue weighted by Gasteiger charge is -2.16. The number of hydrogen-bond donors (Lipinski definition) is 1. The summed E-state index contributed by atoms with van der Waals surface area (Å²) in [5.41, 5.74) is 0. The van der Waals surface area contributed by atoms with Crippen LogP contribution in [0.1, 0.15) is 39.0 Å². The van der Waals surface area contributed by atoms with Crippen molar-refractivity contribution in [1.82, 2.24) is 15.0 Å². The van der Waals surface area contributed by atoms with Crippen molar-refractivity contribution < 1.29 is 4.74 Å². The first kappa shape index (κ1) is 13.3. The van der Waals surface area contributed by atoms with Crippen LogP contribution in [-0.2, 0) is 0 Å². The van der Waals surface area contributed by atoms with E-state index >= 15 is 0 Å². The zero-order chi connectivity index (χ0) is 13.0. The Morgan fingerprint density at radius 1 is 1.17 bits per heavy atom. The molecule has 0 bridgehead atoms. The van der Waals surface area contributed by atoms with Crippen LogP contribution in [0.2, 0.25) is 5.28 Å². The van der Waals surface area contributed by atoms with Crippen molar-refractivity contribution in [3.05, 3.63) is 5.28 Å². The summed E-state index contributed by atoms with van der Waals surface area (Å²) in [6, 6.07) is 0.664. The highest BCUT2D eigenvalue weighted by molar-refractivity contribution is 6.28. The Kier molecular flexibility index (Phi) is 4.58. The van der Waals surface area contributed by atoms with E-state index in [1.165, 1.54) is 26.4 Å². The van der Waals surface area contributed by atoms with Crippen LogP contribution < -0.4 is 10.1 Å². The van der Waals surface area contributed by atoms with Gasteiger partial charge in [0.25, 0.3) is 0 Å².